The number of para-hydroxylation sites is 1. The van der Waals surface area contributed by atoms with Crippen LogP contribution in [-0.2, 0) is 11.2 Å². The molecule has 126 valence electrons. The normalized spacial score (nSPS) is 16.2. The molecule has 0 saturated carbocycles. The summed E-state index contributed by atoms with van der Waals surface area (Å²) >= 11 is 0. The quantitative estimate of drug-likeness (QED) is 0.745. The summed E-state index contributed by atoms with van der Waals surface area (Å²) in [5.74, 6) is 0.645. The second-order valence-corrected chi connectivity index (χ2v) is 6.27. The number of rotatable bonds is 6. The molecule has 1 heterocycles. The van der Waals surface area contributed by atoms with Crippen molar-refractivity contribution in [1.82, 2.24) is 16.0 Å². The Bertz CT molecular complexity index is 547. The predicted octanol–water partition coefficient (Wildman–Crippen LogP) is 1.59. The maximum absolute atomic E-state index is 12.3. The van der Waals surface area contributed by atoms with Crippen LogP contribution in [0.3, 0.4) is 0 Å². The van der Waals surface area contributed by atoms with Gasteiger partial charge in [0.15, 0.2) is 0 Å². The lowest BCUT2D eigenvalue weighted by Crippen LogP contribution is -2.58. The topological polar surface area (TPSA) is 79.5 Å². The van der Waals surface area contributed by atoms with Crippen molar-refractivity contribution < 1.29 is 14.3 Å². The molecule has 1 aliphatic heterocycles. The monoisotopic (exact) mass is 319 g/mol. The van der Waals surface area contributed by atoms with E-state index in [2.05, 4.69) is 16.0 Å². The molecule has 0 unspecified atom stereocenters. The Morgan fingerprint density at radius 1 is 1.26 bits per heavy atom. The maximum atomic E-state index is 12.3. The fourth-order valence-electron chi connectivity index (χ4n) is 2.42. The van der Waals surface area contributed by atoms with Crippen LogP contribution in [0.1, 0.15) is 32.8 Å². The third-order valence-electron chi connectivity index (χ3n) is 3.73. The van der Waals surface area contributed by atoms with Gasteiger partial charge >= 0.3 is 6.03 Å². The summed E-state index contributed by atoms with van der Waals surface area (Å²) in [5, 5.41) is 8.23. The highest BCUT2D eigenvalue weighted by molar-refractivity contribution is 5.90. The number of benzene rings is 1. The maximum Gasteiger partial charge on any atom is 0.315 e. The van der Waals surface area contributed by atoms with Gasteiger partial charge in [-0.3, -0.25) is 4.79 Å². The van der Waals surface area contributed by atoms with Gasteiger partial charge in [0.25, 0.3) is 0 Å². The fraction of sp³-hybridized carbons (Fsp3) is 0.529. The smallest absolute Gasteiger partial charge is 0.315 e. The van der Waals surface area contributed by atoms with Crippen molar-refractivity contribution in [2.24, 2.45) is 0 Å². The zero-order valence-corrected chi connectivity index (χ0v) is 13.9. The summed E-state index contributed by atoms with van der Waals surface area (Å²) in [6, 6.07) is 7.53. The van der Waals surface area contributed by atoms with E-state index in [0.717, 1.165) is 24.2 Å². The van der Waals surface area contributed by atoms with E-state index >= 15 is 0 Å². The van der Waals surface area contributed by atoms with Crippen LogP contribution >= 0.6 is 0 Å². The van der Waals surface area contributed by atoms with Gasteiger partial charge in [-0.15, -0.1) is 0 Å². The Hall–Kier alpha value is -2.24. The molecule has 1 aromatic carbocycles. The van der Waals surface area contributed by atoms with Crippen LogP contribution in [-0.4, -0.2) is 36.7 Å². The third-order valence-corrected chi connectivity index (χ3v) is 3.73. The minimum Gasteiger partial charge on any atom is -0.488 e. The third kappa shape index (κ3) is 4.61. The average Bonchev–Trinajstić information content (AvgIpc) is 2.92. The van der Waals surface area contributed by atoms with Crippen molar-refractivity contribution >= 4 is 11.9 Å². The molecule has 0 saturated heterocycles. The van der Waals surface area contributed by atoms with E-state index in [4.69, 9.17) is 4.74 Å². The zero-order valence-electron chi connectivity index (χ0n) is 13.9. The molecule has 0 aromatic heterocycles. The van der Waals surface area contributed by atoms with Crippen molar-refractivity contribution in [2.75, 3.05) is 13.1 Å². The van der Waals surface area contributed by atoms with Gasteiger partial charge in [-0.25, -0.2) is 4.79 Å². The zero-order chi connectivity index (χ0) is 16.9. The number of hydrogen-bond donors (Lipinski definition) is 3. The molecule has 1 aliphatic rings. The van der Waals surface area contributed by atoms with Crippen molar-refractivity contribution in [1.29, 1.82) is 0 Å². The van der Waals surface area contributed by atoms with E-state index in [1.54, 1.807) is 13.8 Å². The highest BCUT2D eigenvalue weighted by atomic mass is 16.5. The minimum atomic E-state index is -0.983. The van der Waals surface area contributed by atoms with Crippen LogP contribution in [0.5, 0.6) is 5.75 Å². The highest BCUT2D eigenvalue weighted by Crippen LogP contribution is 2.27. The Balaban J connectivity index is 1.79. The number of hydrogen-bond acceptors (Lipinski definition) is 3. The molecule has 23 heavy (non-hydrogen) atoms. The van der Waals surface area contributed by atoms with Crippen LogP contribution in [0, 0.1) is 0 Å². The van der Waals surface area contributed by atoms with Crippen molar-refractivity contribution in [3.05, 3.63) is 29.8 Å². The van der Waals surface area contributed by atoms with E-state index in [-0.39, 0.29) is 18.0 Å². The molecule has 1 atom stereocenters. The van der Waals surface area contributed by atoms with Crippen LogP contribution < -0.4 is 20.7 Å². The average molecular weight is 319 g/mol. The first-order valence-electron chi connectivity index (χ1n) is 8.01. The highest BCUT2D eigenvalue weighted by Gasteiger charge is 2.31. The predicted molar refractivity (Wildman–Crippen MR) is 88.5 cm³/mol. The molecule has 0 spiro atoms. The summed E-state index contributed by atoms with van der Waals surface area (Å²) < 4.78 is 5.79. The van der Waals surface area contributed by atoms with E-state index in [9.17, 15) is 9.59 Å². The first-order valence-corrected chi connectivity index (χ1v) is 8.01. The van der Waals surface area contributed by atoms with Gasteiger partial charge in [0.1, 0.15) is 17.4 Å². The molecule has 0 aliphatic carbocycles. The van der Waals surface area contributed by atoms with Gasteiger partial charge in [0.05, 0.1) is 6.54 Å². The number of carbonyl (C=O) groups excluding carboxylic acids is 2. The molecule has 6 heteroatoms. The van der Waals surface area contributed by atoms with Gasteiger partial charge in [-0.05, 0) is 31.9 Å². The molecule has 6 nitrogen and oxygen atoms in total. The second kappa shape index (κ2) is 7.35. The number of nitrogens with one attached hydrogen (secondary N) is 3. The van der Waals surface area contributed by atoms with E-state index < -0.39 is 5.54 Å². The van der Waals surface area contributed by atoms with Crippen LogP contribution in [0.2, 0.25) is 0 Å². The van der Waals surface area contributed by atoms with Gasteiger partial charge in [0, 0.05) is 13.0 Å². The number of carbonyl (C=O) groups is 2. The van der Waals surface area contributed by atoms with Crippen molar-refractivity contribution in [2.45, 2.75) is 45.3 Å². The van der Waals surface area contributed by atoms with E-state index in [1.807, 2.05) is 31.2 Å². The molecular formula is C17H25N3O3. The minimum absolute atomic E-state index is 0.0685. The first kappa shape index (κ1) is 17.1. The number of ether oxygens (including phenoxy) is 1. The standard InChI is InChI=1S/C17H25N3O3/c1-4-9-18-16(22)20-17(2,3)15(21)19-11-13-10-12-7-5-6-8-14(12)23-13/h5-8,13H,4,9-11H2,1-3H3,(H,19,21)(H2,18,20,22)/t13-/m0/s1. The lowest BCUT2D eigenvalue weighted by molar-refractivity contribution is -0.126. The van der Waals surface area contributed by atoms with Gasteiger partial charge in [-0.1, -0.05) is 25.1 Å². The summed E-state index contributed by atoms with van der Waals surface area (Å²) in [5.41, 5.74) is 0.173. The van der Waals surface area contributed by atoms with Crippen molar-refractivity contribution in [3.63, 3.8) is 0 Å². The SMILES string of the molecule is CCCNC(=O)NC(C)(C)C(=O)NC[C@@H]1Cc2ccccc2O1. The van der Waals surface area contributed by atoms with Gasteiger partial charge < -0.3 is 20.7 Å². The lowest BCUT2D eigenvalue weighted by Gasteiger charge is -2.26. The number of amides is 3. The molecule has 1 aromatic rings. The molecule has 0 fully saturated rings. The molecule has 3 N–H and O–H groups in total. The summed E-state index contributed by atoms with van der Waals surface area (Å²) in [7, 11) is 0. The Labute approximate surface area is 137 Å². The second-order valence-electron chi connectivity index (χ2n) is 6.27. The lowest BCUT2D eigenvalue weighted by atomic mass is 10.0. The molecular weight excluding hydrogens is 294 g/mol. The molecule has 3 amide bonds. The Kier molecular flexibility index (Phi) is 5.47. The molecule has 0 radical (unpaired) electrons. The molecule has 2 rings (SSSR count). The summed E-state index contributed by atoms with van der Waals surface area (Å²) in [6.07, 6.45) is 1.56. The fourth-order valence-corrected chi connectivity index (χ4v) is 2.42. The first-order chi connectivity index (χ1) is 10.9. The van der Waals surface area contributed by atoms with Crippen molar-refractivity contribution in [3.8, 4) is 5.75 Å². The van der Waals surface area contributed by atoms with E-state index in [1.165, 1.54) is 0 Å². The van der Waals surface area contributed by atoms with Gasteiger partial charge in [0.2, 0.25) is 5.91 Å². The van der Waals surface area contributed by atoms with Crippen LogP contribution in [0.4, 0.5) is 4.79 Å². The van der Waals surface area contributed by atoms with Crippen LogP contribution in [0.25, 0.3) is 0 Å². The largest absolute Gasteiger partial charge is 0.488 e. The van der Waals surface area contributed by atoms with E-state index in [0.29, 0.717) is 13.1 Å². The summed E-state index contributed by atoms with van der Waals surface area (Å²) in [6.45, 7) is 6.32. The number of urea groups is 1. The van der Waals surface area contributed by atoms with Crippen LogP contribution in [0.15, 0.2) is 24.3 Å². The number of fused-ring (bicyclic) bond motifs is 1. The Morgan fingerprint density at radius 3 is 2.70 bits per heavy atom. The Morgan fingerprint density at radius 2 is 2.00 bits per heavy atom. The summed E-state index contributed by atoms with van der Waals surface area (Å²) in [4.78, 5) is 24.0. The van der Waals surface area contributed by atoms with Gasteiger partial charge in [-0.2, -0.15) is 0 Å². The molecule has 0 bridgehead atoms.